The second-order valence-electron chi connectivity index (χ2n) is 15.9. The summed E-state index contributed by atoms with van der Waals surface area (Å²) in [5, 5.41) is 14.0. The molecule has 8 rings (SSSR count). The van der Waals surface area contributed by atoms with Gasteiger partial charge in [-0.1, -0.05) is 12.1 Å². The molecule has 4 aliphatic rings. The number of carbonyl (C=O) groups excluding carboxylic acids is 2. The molecular formula is C39H53N11O7S3. The highest BCUT2D eigenvalue weighted by molar-refractivity contribution is 7.91. The fraction of sp³-hybridized carbons (Fsp3) is 0.487. The van der Waals surface area contributed by atoms with Crippen molar-refractivity contribution in [3.05, 3.63) is 81.2 Å². The molecule has 60 heavy (non-hydrogen) atoms. The Bertz CT molecular complexity index is 2570. The number of likely N-dealkylation sites (N-methyl/N-ethyl adjacent to an activating group) is 1. The van der Waals surface area contributed by atoms with Crippen molar-refractivity contribution in [2.45, 2.75) is 100 Å². The zero-order valence-electron chi connectivity index (χ0n) is 34.1. The molecule has 0 bridgehead atoms. The number of aromatic nitrogens is 4. The highest BCUT2D eigenvalue weighted by atomic mass is 32.2. The van der Waals surface area contributed by atoms with Gasteiger partial charge in [0, 0.05) is 30.3 Å². The van der Waals surface area contributed by atoms with Crippen molar-refractivity contribution in [3.8, 4) is 0 Å². The lowest BCUT2D eigenvalue weighted by Gasteiger charge is -2.17. The van der Waals surface area contributed by atoms with Gasteiger partial charge in [-0.25, -0.2) is 37.0 Å². The molecule has 2 heterocycles. The third kappa shape index (κ3) is 10.2. The number of nitrogens with zero attached hydrogens (tertiary/aromatic N) is 5. The van der Waals surface area contributed by atoms with Gasteiger partial charge < -0.3 is 15.5 Å². The fourth-order valence-corrected chi connectivity index (χ4v) is 10.6. The van der Waals surface area contributed by atoms with Crippen LogP contribution in [0.4, 0.5) is 21.0 Å². The number of rotatable bonds is 13. The van der Waals surface area contributed by atoms with Crippen LogP contribution in [-0.2, 0) is 98.6 Å². The number of fused-ring (bicyclic) bond motifs is 4. The van der Waals surface area contributed by atoms with E-state index in [0.29, 0.717) is 6.54 Å². The number of carbonyl (C=O) groups is 2. The quantitative estimate of drug-likeness (QED) is 0.102. The van der Waals surface area contributed by atoms with E-state index in [0.717, 1.165) is 112 Å². The molecule has 0 radical (unpaired) electrons. The Morgan fingerprint density at radius 1 is 0.667 bits per heavy atom. The number of urea groups is 2. The molecule has 0 saturated carbocycles. The van der Waals surface area contributed by atoms with Gasteiger partial charge in [0.15, 0.2) is 29.9 Å². The van der Waals surface area contributed by atoms with E-state index in [-0.39, 0.29) is 23.2 Å². The highest BCUT2D eigenvalue weighted by Crippen LogP contribution is 2.40. The van der Waals surface area contributed by atoms with Crippen LogP contribution < -0.4 is 20.1 Å². The second kappa shape index (κ2) is 17.6. The average Bonchev–Trinajstić information content (AvgIpc) is 4.02. The molecule has 4 aliphatic carbocycles. The molecule has 4 amide bonds. The molecule has 2 unspecified atom stereocenters. The summed E-state index contributed by atoms with van der Waals surface area (Å²) in [6, 6.07) is 6.12. The van der Waals surface area contributed by atoms with Crippen molar-refractivity contribution in [1.82, 2.24) is 33.9 Å². The van der Waals surface area contributed by atoms with Crippen LogP contribution >= 0.6 is 0 Å². The Balaban J connectivity index is 0.000000182. The number of benzene rings is 2. The minimum atomic E-state index is -3.69. The van der Waals surface area contributed by atoms with Gasteiger partial charge in [-0.3, -0.25) is 13.5 Å². The Morgan fingerprint density at radius 2 is 1.05 bits per heavy atom. The number of aryl methyl sites for hydroxylation is 4. The maximum absolute atomic E-state index is 12.8. The van der Waals surface area contributed by atoms with E-state index in [1.807, 2.05) is 19.0 Å². The SMILES string of the molecule is CN(C)CCn1ccc(S(=N)(=O)NC(=O)Nc2c3c(cc4c2CCC4)CCC3)n1.CS(=O)(=O)OCCn1ccc(S(=N)(=O)NC(=O)Nc2c3c(cc4c2CCC4)CCC3)n1. The predicted molar refractivity (Wildman–Crippen MR) is 227 cm³/mol. The summed E-state index contributed by atoms with van der Waals surface area (Å²) >= 11 is 0. The molecule has 2 atom stereocenters. The molecule has 4 aromatic rings. The van der Waals surface area contributed by atoms with Gasteiger partial charge in [-0.05, 0) is 148 Å². The highest BCUT2D eigenvalue weighted by Gasteiger charge is 2.28. The van der Waals surface area contributed by atoms with Crippen molar-refractivity contribution in [3.63, 3.8) is 0 Å². The van der Waals surface area contributed by atoms with Crippen LogP contribution in [0.15, 0.2) is 46.7 Å². The van der Waals surface area contributed by atoms with Crippen LogP contribution in [0.25, 0.3) is 0 Å². The fourth-order valence-electron chi connectivity index (χ4n) is 8.40. The normalized spacial score (nSPS) is 17.1. The average molecular weight is 884 g/mol. The lowest BCUT2D eigenvalue weighted by atomic mass is 9.99. The summed E-state index contributed by atoms with van der Waals surface area (Å²) in [7, 11) is -6.88. The van der Waals surface area contributed by atoms with E-state index in [9.17, 15) is 26.4 Å². The predicted octanol–water partition coefficient (Wildman–Crippen LogP) is 4.54. The van der Waals surface area contributed by atoms with E-state index in [4.69, 9.17) is 9.56 Å². The van der Waals surface area contributed by atoms with E-state index in [1.54, 1.807) is 10.9 Å². The summed E-state index contributed by atoms with van der Waals surface area (Å²) < 4.78 is 76.1. The third-order valence-electron chi connectivity index (χ3n) is 11.1. The van der Waals surface area contributed by atoms with Gasteiger partial charge >= 0.3 is 12.1 Å². The third-order valence-corrected chi connectivity index (χ3v) is 14.3. The van der Waals surface area contributed by atoms with Gasteiger partial charge in [0.05, 0.1) is 26.0 Å². The summed E-state index contributed by atoms with van der Waals surface area (Å²) in [5.41, 5.74) is 11.5. The van der Waals surface area contributed by atoms with E-state index in [2.05, 4.69) is 46.6 Å². The maximum atomic E-state index is 12.8. The minimum absolute atomic E-state index is 0.0647. The largest absolute Gasteiger partial charge is 0.332 e. The molecule has 0 fully saturated rings. The van der Waals surface area contributed by atoms with Crippen molar-refractivity contribution >= 4 is 53.4 Å². The molecule has 2 aromatic heterocycles. The van der Waals surface area contributed by atoms with Crippen LogP contribution in [0.5, 0.6) is 0 Å². The van der Waals surface area contributed by atoms with Crippen LogP contribution in [-0.4, -0.2) is 86.9 Å². The van der Waals surface area contributed by atoms with Crippen LogP contribution in [0.2, 0.25) is 0 Å². The number of anilines is 2. The first kappa shape index (κ1) is 43.3. The summed E-state index contributed by atoms with van der Waals surface area (Å²) in [6.45, 7) is 1.35. The van der Waals surface area contributed by atoms with Crippen molar-refractivity contribution in [1.29, 1.82) is 9.56 Å². The van der Waals surface area contributed by atoms with Gasteiger partial charge in [0.2, 0.25) is 0 Å². The standard InChI is InChI=1S/C20H28N6O2S.C19H25N5O5S2/c1-25(2)11-12-26-10-9-18(23-26)29(21,28)24-20(27)22-19-16-7-3-5-14(16)13-15-6-4-8-17(15)19;1-30(26,27)29-11-10-24-9-8-17(22-24)31(20,28)23-19(25)21-18-15-6-2-4-13(15)12-14-5-3-7-16(14)18/h9-10,13H,3-8,11-12H2,1-2H3,(H3,21,22,24,27,28);8-9,12H,2-7,10-11H2,1H3,(H3,20,21,23,25,28). The molecule has 6 N–H and O–H groups in total. The zero-order chi connectivity index (χ0) is 42.8. The van der Waals surface area contributed by atoms with Crippen molar-refractivity contribution in [2.24, 2.45) is 0 Å². The Labute approximate surface area is 351 Å². The van der Waals surface area contributed by atoms with Gasteiger partial charge in [0.25, 0.3) is 10.1 Å². The lowest BCUT2D eigenvalue weighted by molar-refractivity contribution is 0.255. The number of nitrogens with one attached hydrogen (secondary N) is 6. The summed E-state index contributed by atoms with van der Waals surface area (Å²) in [5.74, 6) is 0. The number of hydrogen-bond donors (Lipinski definition) is 6. The second-order valence-corrected chi connectivity index (χ2v) is 21.0. The number of amides is 4. The molecular weight excluding hydrogens is 831 g/mol. The molecule has 21 heteroatoms. The van der Waals surface area contributed by atoms with E-state index in [1.165, 1.54) is 56.4 Å². The number of hydrogen-bond acceptors (Lipinski definition) is 12. The molecule has 324 valence electrons. The van der Waals surface area contributed by atoms with Gasteiger partial charge in [0.1, 0.15) is 0 Å². The zero-order valence-corrected chi connectivity index (χ0v) is 36.5. The smallest absolute Gasteiger partial charge is 0.308 e. The Hall–Kier alpha value is -4.83. The van der Waals surface area contributed by atoms with Crippen molar-refractivity contribution in [2.75, 3.05) is 44.1 Å². The molecule has 2 aromatic carbocycles. The summed E-state index contributed by atoms with van der Waals surface area (Å²) in [6.07, 6.45) is 16.1. The van der Waals surface area contributed by atoms with Crippen LogP contribution in [0.3, 0.4) is 0 Å². The summed E-state index contributed by atoms with van der Waals surface area (Å²) in [4.78, 5) is 27.3. The first-order chi connectivity index (χ1) is 28.5. The first-order valence-corrected chi connectivity index (χ1v) is 25.0. The maximum Gasteiger partial charge on any atom is 0.332 e. The Kier molecular flexibility index (Phi) is 12.7. The monoisotopic (exact) mass is 883 g/mol. The molecule has 0 spiro atoms. The van der Waals surface area contributed by atoms with Crippen LogP contribution in [0, 0.1) is 9.56 Å². The molecule has 18 nitrogen and oxygen atoms in total. The topological polar surface area (TPSA) is 246 Å². The Morgan fingerprint density at radius 3 is 1.42 bits per heavy atom. The lowest BCUT2D eigenvalue weighted by Crippen LogP contribution is -2.34. The van der Waals surface area contributed by atoms with Gasteiger partial charge in [-0.2, -0.15) is 18.6 Å². The minimum Gasteiger partial charge on any atom is -0.308 e. The van der Waals surface area contributed by atoms with E-state index < -0.39 is 42.0 Å². The van der Waals surface area contributed by atoms with Crippen molar-refractivity contribution < 1.29 is 30.6 Å². The van der Waals surface area contributed by atoms with E-state index >= 15 is 0 Å². The van der Waals surface area contributed by atoms with Crippen LogP contribution in [0.1, 0.15) is 70.2 Å². The van der Waals surface area contributed by atoms with Gasteiger partial charge in [-0.15, -0.1) is 0 Å². The molecule has 0 saturated heterocycles. The first-order valence-electron chi connectivity index (χ1n) is 20.1. The molecule has 0 aliphatic heterocycles.